The number of ether oxygens (including phenoxy) is 2. The van der Waals surface area contributed by atoms with Gasteiger partial charge in [-0.1, -0.05) is 54.6 Å². The Kier molecular flexibility index (Phi) is 4.22. The van der Waals surface area contributed by atoms with Crippen LogP contribution in [0.25, 0.3) is 17.2 Å². The van der Waals surface area contributed by atoms with Crippen LogP contribution in [0, 0.1) is 6.92 Å². The molecule has 0 N–H and O–H groups in total. The Morgan fingerprint density at radius 2 is 1.71 bits per heavy atom. The smallest absolute Gasteiger partial charge is 0.231 e. The maximum absolute atomic E-state index is 13.1. The molecule has 0 amide bonds. The molecule has 1 fully saturated rings. The van der Waals surface area contributed by atoms with Crippen molar-refractivity contribution < 1.29 is 14.3 Å². The van der Waals surface area contributed by atoms with Crippen molar-refractivity contribution in [2.24, 2.45) is 0 Å². The van der Waals surface area contributed by atoms with E-state index < -0.39 is 0 Å². The fourth-order valence-corrected chi connectivity index (χ4v) is 4.49. The molecule has 1 saturated carbocycles. The fraction of sp³-hybridized carbons (Fsp3) is 0.222. The standard InChI is InChI=1S/C27H23NO3/c1-17-26-21(15-28(16-30-26)22-11-12-22)14-23-25(29)24(31-27(17)23)13-18-7-9-20(10-8-18)19-5-3-2-4-6-19/h2-10,13-14,22H,11-12,15-16H2,1H3. The zero-order valence-corrected chi connectivity index (χ0v) is 17.4. The molecule has 0 bridgehead atoms. The molecule has 0 unspecified atom stereocenters. The minimum atomic E-state index is -0.0587. The van der Waals surface area contributed by atoms with Crippen LogP contribution in [0.1, 0.15) is 39.9 Å². The van der Waals surface area contributed by atoms with Crippen molar-refractivity contribution in [2.45, 2.75) is 32.4 Å². The van der Waals surface area contributed by atoms with E-state index in [1.165, 1.54) is 18.4 Å². The summed E-state index contributed by atoms with van der Waals surface area (Å²) in [7, 11) is 0. The molecule has 0 spiro atoms. The summed E-state index contributed by atoms with van der Waals surface area (Å²) in [5, 5.41) is 0. The van der Waals surface area contributed by atoms with Crippen LogP contribution < -0.4 is 9.47 Å². The summed E-state index contributed by atoms with van der Waals surface area (Å²) in [6.45, 7) is 3.43. The van der Waals surface area contributed by atoms with Gasteiger partial charge in [-0.2, -0.15) is 0 Å². The third-order valence-electron chi connectivity index (χ3n) is 6.34. The average molecular weight is 409 g/mol. The number of hydrogen-bond donors (Lipinski definition) is 0. The number of fused-ring (bicyclic) bond motifs is 2. The van der Waals surface area contributed by atoms with Crippen LogP contribution in [0.4, 0.5) is 0 Å². The lowest BCUT2D eigenvalue weighted by Gasteiger charge is -2.30. The zero-order chi connectivity index (χ0) is 20.9. The van der Waals surface area contributed by atoms with E-state index in [0.717, 1.165) is 34.5 Å². The van der Waals surface area contributed by atoms with Gasteiger partial charge in [0.05, 0.1) is 5.56 Å². The molecule has 31 heavy (non-hydrogen) atoms. The maximum Gasteiger partial charge on any atom is 0.231 e. The number of carbonyl (C=O) groups is 1. The molecule has 4 heteroatoms. The molecule has 1 aliphatic carbocycles. The van der Waals surface area contributed by atoms with Gasteiger partial charge in [-0.05, 0) is 48.6 Å². The first-order valence-corrected chi connectivity index (χ1v) is 10.8. The Hall–Kier alpha value is -3.37. The average Bonchev–Trinajstić information content (AvgIpc) is 3.61. The Morgan fingerprint density at radius 1 is 0.968 bits per heavy atom. The minimum absolute atomic E-state index is 0.0587. The molecule has 3 aromatic rings. The molecule has 4 nitrogen and oxygen atoms in total. The largest absolute Gasteiger partial charge is 0.477 e. The van der Waals surface area contributed by atoms with E-state index in [9.17, 15) is 4.79 Å². The summed E-state index contributed by atoms with van der Waals surface area (Å²) in [6, 6.07) is 21.0. The predicted molar refractivity (Wildman–Crippen MR) is 120 cm³/mol. The van der Waals surface area contributed by atoms with Gasteiger partial charge in [-0.25, -0.2) is 0 Å². The highest BCUT2D eigenvalue weighted by atomic mass is 16.5. The molecular weight excluding hydrogens is 386 g/mol. The quantitative estimate of drug-likeness (QED) is 0.529. The first-order valence-electron chi connectivity index (χ1n) is 10.8. The van der Waals surface area contributed by atoms with E-state index in [0.29, 0.717) is 29.8 Å². The zero-order valence-electron chi connectivity index (χ0n) is 17.4. The van der Waals surface area contributed by atoms with Crippen molar-refractivity contribution >= 4 is 11.9 Å². The lowest BCUT2D eigenvalue weighted by molar-refractivity contribution is 0.0872. The van der Waals surface area contributed by atoms with Crippen molar-refractivity contribution in [1.29, 1.82) is 0 Å². The topological polar surface area (TPSA) is 38.8 Å². The predicted octanol–water partition coefficient (Wildman–Crippen LogP) is 5.59. The number of hydrogen-bond acceptors (Lipinski definition) is 4. The van der Waals surface area contributed by atoms with Crippen molar-refractivity contribution in [1.82, 2.24) is 4.90 Å². The van der Waals surface area contributed by atoms with Crippen LogP contribution in [0.5, 0.6) is 11.5 Å². The van der Waals surface area contributed by atoms with Gasteiger partial charge in [0.1, 0.15) is 18.2 Å². The van der Waals surface area contributed by atoms with Gasteiger partial charge in [-0.3, -0.25) is 9.69 Å². The van der Waals surface area contributed by atoms with Crippen molar-refractivity contribution in [3.8, 4) is 22.6 Å². The molecular formula is C27H23NO3. The number of rotatable bonds is 3. The first kappa shape index (κ1) is 18.4. The minimum Gasteiger partial charge on any atom is -0.477 e. The maximum atomic E-state index is 13.1. The Morgan fingerprint density at radius 3 is 2.45 bits per heavy atom. The lowest BCUT2D eigenvalue weighted by Crippen LogP contribution is -2.34. The number of Topliss-reactive ketones (excluding diaryl/α,β-unsaturated/α-hetero) is 1. The second-order valence-electron chi connectivity index (χ2n) is 8.55. The molecule has 3 aliphatic rings. The van der Waals surface area contributed by atoms with Gasteiger partial charge in [0, 0.05) is 23.7 Å². The SMILES string of the molecule is Cc1c2c(cc3c1OC(=Cc1ccc(-c4ccccc4)cc1)C3=O)CN(C1CC1)CO2. The van der Waals surface area contributed by atoms with Gasteiger partial charge in [0.2, 0.25) is 5.78 Å². The summed E-state index contributed by atoms with van der Waals surface area (Å²) >= 11 is 0. The Balaban J connectivity index is 1.29. The van der Waals surface area contributed by atoms with E-state index in [-0.39, 0.29) is 5.78 Å². The number of allylic oxidation sites excluding steroid dienone is 1. The van der Waals surface area contributed by atoms with Crippen LogP contribution >= 0.6 is 0 Å². The number of nitrogens with zero attached hydrogens (tertiary/aromatic N) is 1. The van der Waals surface area contributed by atoms with Crippen LogP contribution in [0.2, 0.25) is 0 Å². The van der Waals surface area contributed by atoms with Crippen molar-refractivity contribution in [3.63, 3.8) is 0 Å². The summed E-state index contributed by atoms with van der Waals surface area (Å²) in [6.07, 6.45) is 4.30. The molecule has 0 saturated heterocycles. The molecule has 6 rings (SSSR count). The van der Waals surface area contributed by atoms with Gasteiger partial charge >= 0.3 is 0 Å². The molecule has 2 heterocycles. The van der Waals surface area contributed by atoms with Crippen LogP contribution in [-0.2, 0) is 6.54 Å². The third-order valence-corrected chi connectivity index (χ3v) is 6.34. The molecule has 2 aliphatic heterocycles. The molecule has 154 valence electrons. The van der Waals surface area contributed by atoms with Crippen molar-refractivity contribution in [3.05, 3.63) is 88.7 Å². The second kappa shape index (κ2) is 7.10. The van der Waals surface area contributed by atoms with E-state index in [4.69, 9.17) is 9.47 Å². The summed E-state index contributed by atoms with van der Waals surface area (Å²) < 4.78 is 12.1. The van der Waals surface area contributed by atoms with Crippen LogP contribution in [0.15, 0.2) is 66.4 Å². The highest BCUT2D eigenvalue weighted by Crippen LogP contribution is 2.44. The van der Waals surface area contributed by atoms with Gasteiger partial charge in [0.15, 0.2) is 5.76 Å². The monoisotopic (exact) mass is 409 g/mol. The van der Waals surface area contributed by atoms with Gasteiger partial charge in [0.25, 0.3) is 0 Å². The van der Waals surface area contributed by atoms with E-state index in [1.54, 1.807) is 0 Å². The Labute approximate surface area is 181 Å². The van der Waals surface area contributed by atoms with Gasteiger partial charge in [-0.15, -0.1) is 0 Å². The van der Waals surface area contributed by atoms with E-state index in [2.05, 4.69) is 29.2 Å². The molecule has 3 aromatic carbocycles. The van der Waals surface area contributed by atoms with Crippen molar-refractivity contribution in [2.75, 3.05) is 6.73 Å². The highest BCUT2D eigenvalue weighted by molar-refractivity contribution is 6.15. The number of benzene rings is 3. The van der Waals surface area contributed by atoms with Crippen LogP contribution in [-0.4, -0.2) is 23.5 Å². The van der Waals surface area contributed by atoms with E-state index in [1.807, 2.05) is 49.4 Å². The third kappa shape index (κ3) is 3.24. The molecule has 0 aromatic heterocycles. The normalized spacial score (nSPS) is 19.0. The second-order valence-corrected chi connectivity index (χ2v) is 8.55. The van der Waals surface area contributed by atoms with Gasteiger partial charge < -0.3 is 9.47 Å². The summed E-state index contributed by atoms with van der Waals surface area (Å²) in [5.41, 5.74) is 5.90. The number of ketones is 1. The number of carbonyl (C=O) groups excluding carboxylic acids is 1. The molecule has 0 radical (unpaired) electrons. The summed E-state index contributed by atoms with van der Waals surface area (Å²) in [5.74, 6) is 1.82. The first-order chi connectivity index (χ1) is 15.2. The van der Waals surface area contributed by atoms with E-state index >= 15 is 0 Å². The molecule has 0 atom stereocenters. The lowest BCUT2D eigenvalue weighted by atomic mass is 9.99. The highest BCUT2D eigenvalue weighted by Gasteiger charge is 2.36. The summed E-state index contributed by atoms with van der Waals surface area (Å²) in [4.78, 5) is 15.5. The Bertz CT molecular complexity index is 1210. The fourth-order valence-electron chi connectivity index (χ4n) is 4.49. The van der Waals surface area contributed by atoms with Crippen LogP contribution in [0.3, 0.4) is 0 Å².